The van der Waals surface area contributed by atoms with Crippen LogP contribution in [0.2, 0.25) is 33.2 Å². The number of fused-ring (bicyclic) bond motifs is 1. The van der Waals surface area contributed by atoms with Crippen molar-refractivity contribution in [3.05, 3.63) is 45.8 Å². The molecule has 0 N–H and O–H groups in total. The van der Waals surface area contributed by atoms with Crippen molar-refractivity contribution in [2.75, 3.05) is 0 Å². The fourth-order valence-corrected chi connectivity index (χ4v) is 21.6. The molecule has 0 atom stereocenters. The van der Waals surface area contributed by atoms with Crippen LogP contribution in [0.25, 0.3) is 0 Å². The van der Waals surface area contributed by atoms with E-state index in [9.17, 15) is 0 Å². The summed E-state index contributed by atoms with van der Waals surface area (Å²) in [7, 11) is -3.26. The van der Waals surface area contributed by atoms with Gasteiger partial charge in [0.05, 0.1) is 16.1 Å². The molecule has 0 nitrogen and oxygen atoms in total. The minimum atomic E-state index is -1.63. The van der Waals surface area contributed by atoms with E-state index < -0.39 is 16.1 Å². The molecule has 0 radical (unpaired) electrons. The second-order valence-corrected chi connectivity index (χ2v) is 22.9. The molecule has 0 aliphatic heterocycles. The van der Waals surface area contributed by atoms with Crippen molar-refractivity contribution in [2.45, 2.75) is 116 Å². The lowest BCUT2D eigenvalue weighted by molar-refractivity contribution is 0.826. The van der Waals surface area contributed by atoms with E-state index in [0.29, 0.717) is 0 Å². The van der Waals surface area contributed by atoms with Crippen LogP contribution >= 0.6 is 0 Å². The smallest absolute Gasteiger partial charge is 0.0648 e. The Morgan fingerprint density at radius 1 is 0.393 bits per heavy atom. The summed E-state index contributed by atoms with van der Waals surface area (Å²) in [6.07, 6.45) is 10.1. The number of allylic oxidation sites excluding steroid dienone is 8. The summed E-state index contributed by atoms with van der Waals surface area (Å²) in [5.41, 5.74) is 7.79. The predicted molar refractivity (Wildman–Crippen MR) is 134 cm³/mol. The minimum Gasteiger partial charge on any atom is -0.0648 e. The maximum absolute atomic E-state index is 2.56. The van der Waals surface area contributed by atoms with Crippen LogP contribution in [-0.2, 0) is 0 Å². The Kier molecular flexibility index (Phi) is 6.98. The molecule has 0 aromatic rings. The highest BCUT2D eigenvalue weighted by Crippen LogP contribution is 2.55. The predicted octanol–water partition coefficient (Wildman–Crippen LogP) is 9.16. The zero-order chi connectivity index (χ0) is 21.6. The Morgan fingerprint density at radius 3 is 0.786 bits per heavy atom. The van der Waals surface area contributed by atoms with Crippen LogP contribution in [0.3, 0.4) is 0 Å². The standard InChI is InChI=1S/C26H46Si2/c1-17(2)27(18(3)4,19(5)6)25-15-13-24-23(25)14-16-26(24)28(20(7)8,21(9)10)22(11)12/h13-22H,1-12H3. The molecular formula is C26H46Si2. The quantitative estimate of drug-likeness (QED) is 0.347. The van der Waals surface area contributed by atoms with Crippen molar-refractivity contribution >= 4 is 16.1 Å². The van der Waals surface area contributed by atoms with E-state index in [-0.39, 0.29) is 0 Å². The topological polar surface area (TPSA) is 0 Å². The molecule has 2 aliphatic rings. The van der Waals surface area contributed by atoms with Crippen LogP contribution in [-0.4, -0.2) is 16.1 Å². The lowest BCUT2D eigenvalue weighted by Gasteiger charge is -2.45. The second kappa shape index (κ2) is 8.26. The normalized spacial score (nSPS) is 17.9. The zero-order valence-corrected chi connectivity index (χ0v) is 22.8. The van der Waals surface area contributed by atoms with Crippen LogP contribution in [0, 0.1) is 0 Å². The Labute approximate surface area is 178 Å². The zero-order valence-electron chi connectivity index (χ0n) is 20.8. The maximum atomic E-state index is 2.56. The van der Waals surface area contributed by atoms with Gasteiger partial charge in [-0.15, -0.1) is 0 Å². The van der Waals surface area contributed by atoms with E-state index in [1.165, 1.54) is 0 Å². The molecule has 0 aromatic heterocycles. The highest BCUT2D eigenvalue weighted by atomic mass is 28.3. The third kappa shape index (κ3) is 3.14. The lowest BCUT2D eigenvalue weighted by atomic mass is 10.2. The molecule has 0 fully saturated rings. The van der Waals surface area contributed by atoms with Crippen LogP contribution < -0.4 is 0 Å². The SMILES string of the molecule is CC(C)[Si](C1=C2C=CC([Si](C(C)C)(C(C)C)C(C)C)=C2C=C1)(C(C)C)C(C)C. The molecule has 0 saturated carbocycles. The van der Waals surface area contributed by atoms with Gasteiger partial charge in [-0.25, -0.2) is 0 Å². The molecule has 0 bridgehead atoms. The monoisotopic (exact) mass is 414 g/mol. The van der Waals surface area contributed by atoms with Gasteiger partial charge in [-0.3, -0.25) is 0 Å². The van der Waals surface area contributed by atoms with Gasteiger partial charge < -0.3 is 0 Å². The van der Waals surface area contributed by atoms with Crippen molar-refractivity contribution in [3.63, 3.8) is 0 Å². The van der Waals surface area contributed by atoms with Crippen molar-refractivity contribution in [1.82, 2.24) is 0 Å². The highest BCUT2D eigenvalue weighted by molar-refractivity contribution is 6.92. The van der Waals surface area contributed by atoms with Crippen molar-refractivity contribution < 1.29 is 0 Å². The van der Waals surface area contributed by atoms with Gasteiger partial charge >= 0.3 is 0 Å². The second-order valence-electron chi connectivity index (χ2n) is 11.1. The Bertz CT molecular complexity index is 603. The summed E-state index contributed by atoms with van der Waals surface area (Å²) in [6, 6.07) is 0. The third-order valence-electron chi connectivity index (χ3n) is 8.37. The van der Waals surface area contributed by atoms with Gasteiger partial charge in [0.1, 0.15) is 0 Å². The van der Waals surface area contributed by atoms with E-state index in [1.807, 2.05) is 0 Å². The molecule has 0 heterocycles. The first-order valence-corrected chi connectivity index (χ1v) is 16.2. The number of rotatable bonds is 8. The van der Waals surface area contributed by atoms with Gasteiger partial charge in [-0.2, -0.15) is 0 Å². The van der Waals surface area contributed by atoms with Crippen LogP contribution in [0.15, 0.2) is 45.8 Å². The van der Waals surface area contributed by atoms with E-state index >= 15 is 0 Å². The average molecular weight is 415 g/mol. The van der Waals surface area contributed by atoms with E-state index in [4.69, 9.17) is 0 Å². The molecule has 2 rings (SSSR count). The van der Waals surface area contributed by atoms with Crippen molar-refractivity contribution in [1.29, 1.82) is 0 Å². The van der Waals surface area contributed by atoms with Gasteiger partial charge in [0, 0.05) is 0 Å². The molecule has 28 heavy (non-hydrogen) atoms. The third-order valence-corrected chi connectivity index (χ3v) is 22.6. The molecule has 0 spiro atoms. The van der Waals surface area contributed by atoms with Crippen LogP contribution in [0.1, 0.15) is 83.1 Å². The van der Waals surface area contributed by atoms with Gasteiger partial charge in [0.2, 0.25) is 0 Å². The van der Waals surface area contributed by atoms with Crippen LogP contribution in [0.5, 0.6) is 0 Å². The van der Waals surface area contributed by atoms with E-state index in [2.05, 4.69) is 107 Å². The van der Waals surface area contributed by atoms with Gasteiger partial charge in [-0.1, -0.05) is 118 Å². The molecule has 2 heteroatoms. The molecule has 0 unspecified atom stereocenters. The first kappa shape index (κ1) is 23.7. The molecule has 0 aromatic carbocycles. The Balaban J connectivity index is 2.80. The van der Waals surface area contributed by atoms with Gasteiger partial charge in [0.25, 0.3) is 0 Å². The fourth-order valence-electron chi connectivity index (χ4n) is 7.78. The highest BCUT2D eigenvalue weighted by Gasteiger charge is 2.50. The lowest BCUT2D eigenvalue weighted by Crippen LogP contribution is -2.47. The summed E-state index contributed by atoms with van der Waals surface area (Å²) in [4.78, 5) is 0. The number of hydrogen-bond acceptors (Lipinski definition) is 0. The molecule has 2 aliphatic carbocycles. The molecule has 0 amide bonds. The summed E-state index contributed by atoms with van der Waals surface area (Å²) in [5, 5.41) is 3.49. The minimum absolute atomic E-state index is 0.763. The van der Waals surface area contributed by atoms with Gasteiger partial charge in [-0.05, 0) is 44.4 Å². The Hall–Kier alpha value is -0.606. The summed E-state index contributed by atoms with van der Waals surface area (Å²) < 4.78 is 0. The summed E-state index contributed by atoms with van der Waals surface area (Å²) >= 11 is 0. The van der Waals surface area contributed by atoms with Crippen molar-refractivity contribution in [2.24, 2.45) is 0 Å². The van der Waals surface area contributed by atoms with E-state index in [1.54, 1.807) is 21.5 Å². The average Bonchev–Trinajstić information content (AvgIpc) is 3.10. The van der Waals surface area contributed by atoms with Crippen LogP contribution in [0.4, 0.5) is 0 Å². The van der Waals surface area contributed by atoms with Crippen molar-refractivity contribution in [3.8, 4) is 0 Å². The maximum Gasteiger partial charge on any atom is 0.0950 e. The first-order valence-electron chi connectivity index (χ1n) is 11.7. The Morgan fingerprint density at radius 2 is 0.607 bits per heavy atom. The molecular weight excluding hydrogens is 368 g/mol. The fraction of sp³-hybridized carbons (Fsp3) is 0.692. The molecule has 158 valence electrons. The number of hydrogen-bond donors (Lipinski definition) is 0. The van der Waals surface area contributed by atoms with E-state index in [0.717, 1.165) is 33.2 Å². The summed E-state index contributed by atoms with van der Waals surface area (Å²) in [5.74, 6) is 0. The molecule has 0 saturated heterocycles. The first-order chi connectivity index (χ1) is 12.9. The largest absolute Gasteiger partial charge is 0.0950 e. The van der Waals surface area contributed by atoms with Gasteiger partial charge in [0.15, 0.2) is 0 Å². The summed E-state index contributed by atoms with van der Waals surface area (Å²) in [6.45, 7) is 29.9.